The van der Waals surface area contributed by atoms with Gasteiger partial charge in [0.1, 0.15) is 12.4 Å². The predicted molar refractivity (Wildman–Crippen MR) is 107 cm³/mol. The molecule has 1 aliphatic rings. The smallest absolute Gasteiger partial charge is 0.222 e. The molecule has 0 saturated carbocycles. The molecule has 144 valence electrons. The summed E-state index contributed by atoms with van der Waals surface area (Å²) < 4.78 is 5.75. The third kappa shape index (κ3) is 6.07. The summed E-state index contributed by atoms with van der Waals surface area (Å²) in [4.78, 5) is 21.2. The van der Waals surface area contributed by atoms with Crippen molar-refractivity contribution in [1.29, 1.82) is 0 Å². The van der Waals surface area contributed by atoms with Gasteiger partial charge in [0.05, 0.1) is 6.54 Å². The van der Waals surface area contributed by atoms with Gasteiger partial charge in [0.25, 0.3) is 0 Å². The number of aromatic nitrogens is 1. The van der Waals surface area contributed by atoms with E-state index < -0.39 is 0 Å². The lowest BCUT2D eigenvalue weighted by Crippen LogP contribution is -2.36. The summed E-state index contributed by atoms with van der Waals surface area (Å²) >= 11 is 0. The summed E-state index contributed by atoms with van der Waals surface area (Å²) in [5, 5.41) is 0. The number of amides is 1. The van der Waals surface area contributed by atoms with Crippen molar-refractivity contribution in [2.75, 3.05) is 33.3 Å². The van der Waals surface area contributed by atoms with Crippen molar-refractivity contribution in [3.63, 3.8) is 0 Å². The van der Waals surface area contributed by atoms with Gasteiger partial charge < -0.3 is 14.5 Å². The molecule has 1 fully saturated rings. The van der Waals surface area contributed by atoms with E-state index in [0.29, 0.717) is 25.6 Å². The van der Waals surface area contributed by atoms with Gasteiger partial charge in [0.15, 0.2) is 0 Å². The Bertz CT molecular complexity index is 693. The Hall–Kier alpha value is -2.40. The van der Waals surface area contributed by atoms with Crippen molar-refractivity contribution >= 4 is 5.91 Å². The van der Waals surface area contributed by atoms with Gasteiger partial charge in [-0.15, -0.1) is 0 Å². The van der Waals surface area contributed by atoms with Gasteiger partial charge in [-0.1, -0.05) is 24.3 Å². The van der Waals surface area contributed by atoms with E-state index in [-0.39, 0.29) is 5.91 Å². The van der Waals surface area contributed by atoms with Crippen LogP contribution in [0, 0.1) is 0 Å². The molecule has 5 nitrogen and oxygen atoms in total. The first kappa shape index (κ1) is 19.4. The van der Waals surface area contributed by atoms with Crippen LogP contribution in [0.3, 0.4) is 0 Å². The quantitative estimate of drug-likeness (QED) is 0.719. The highest BCUT2D eigenvalue weighted by molar-refractivity contribution is 5.76. The molecule has 5 heteroatoms. The third-order valence-electron chi connectivity index (χ3n) is 5.22. The van der Waals surface area contributed by atoms with E-state index >= 15 is 0 Å². The largest absolute Gasteiger partial charge is 0.492 e. The lowest BCUT2D eigenvalue weighted by molar-refractivity contribution is -0.131. The van der Waals surface area contributed by atoms with Crippen LogP contribution in [-0.4, -0.2) is 60.0 Å². The number of benzene rings is 1. The van der Waals surface area contributed by atoms with Crippen LogP contribution < -0.4 is 4.74 Å². The van der Waals surface area contributed by atoms with E-state index in [1.165, 1.54) is 0 Å². The van der Waals surface area contributed by atoms with Crippen molar-refractivity contribution in [2.45, 2.75) is 31.7 Å². The average molecular weight is 367 g/mol. The molecule has 3 rings (SSSR count). The van der Waals surface area contributed by atoms with Crippen LogP contribution in [0.4, 0.5) is 0 Å². The summed E-state index contributed by atoms with van der Waals surface area (Å²) in [6.07, 6.45) is 5.33. The maximum absolute atomic E-state index is 12.4. The third-order valence-corrected chi connectivity index (χ3v) is 5.22. The van der Waals surface area contributed by atoms with E-state index in [4.69, 9.17) is 4.74 Å². The fourth-order valence-electron chi connectivity index (χ4n) is 3.51. The van der Waals surface area contributed by atoms with E-state index in [1.807, 2.05) is 53.6 Å². The summed E-state index contributed by atoms with van der Waals surface area (Å²) in [7, 11) is 2.16. The van der Waals surface area contributed by atoms with Crippen molar-refractivity contribution in [1.82, 2.24) is 14.8 Å². The number of hydrogen-bond donors (Lipinski definition) is 0. The summed E-state index contributed by atoms with van der Waals surface area (Å²) in [6, 6.07) is 16.2. The standard InChI is InChI=1S/C22H29N3O2/c1-24(15-12-19-7-5-6-14-23-19)20-10-11-22(26)25(16-13-20)17-18-27-21-8-3-2-4-9-21/h2-9,14,20H,10-13,15-18H2,1H3/t20-/m0/s1. The molecule has 2 heterocycles. The molecular formula is C22H29N3O2. The molecule has 1 atom stereocenters. The number of nitrogens with zero attached hydrogens (tertiary/aromatic N) is 3. The van der Waals surface area contributed by atoms with Gasteiger partial charge in [-0.2, -0.15) is 0 Å². The minimum absolute atomic E-state index is 0.243. The molecule has 1 aromatic carbocycles. The number of carbonyl (C=O) groups is 1. The molecule has 0 radical (unpaired) electrons. The van der Waals surface area contributed by atoms with Gasteiger partial charge >= 0.3 is 0 Å². The van der Waals surface area contributed by atoms with Crippen LogP contribution in [0.15, 0.2) is 54.7 Å². The number of hydrogen-bond acceptors (Lipinski definition) is 4. The van der Waals surface area contributed by atoms with Crippen LogP contribution in [0.25, 0.3) is 0 Å². The Kier molecular flexibility index (Phi) is 7.22. The molecule has 27 heavy (non-hydrogen) atoms. The van der Waals surface area contributed by atoms with Gasteiger partial charge in [0.2, 0.25) is 5.91 Å². The Morgan fingerprint density at radius 1 is 1.15 bits per heavy atom. The second kappa shape index (κ2) is 10.1. The molecule has 1 aliphatic heterocycles. The highest BCUT2D eigenvalue weighted by atomic mass is 16.5. The highest BCUT2D eigenvalue weighted by Gasteiger charge is 2.24. The van der Waals surface area contributed by atoms with E-state index in [9.17, 15) is 4.79 Å². The monoisotopic (exact) mass is 367 g/mol. The second-order valence-electron chi connectivity index (χ2n) is 7.08. The van der Waals surface area contributed by atoms with E-state index in [2.05, 4.69) is 23.0 Å². The zero-order valence-electron chi connectivity index (χ0n) is 16.1. The minimum Gasteiger partial charge on any atom is -0.492 e. The molecule has 0 aliphatic carbocycles. The molecule has 2 aromatic rings. The maximum Gasteiger partial charge on any atom is 0.222 e. The highest BCUT2D eigenvalue weighted by Crippen LogP contribution is 2.17. The van der Waals surface area contributed by atoms with Crippen LogP contribution in [0.5, 0.6) is 5.75 Å². The lowest BCUT2D eigenvalue weighted by Gasteiger charge is -2.27. The zero-order valence-corrected chi connectivity index (χ0v) is 16.1. The Morgan fingerprint density at radius 3 is 2.74 bits per heavy atom. The Morgan fingerprint density at radius 2 is 1.96 bits per heavy atom. The van der Waals surface area contributed by atoms with Crippen LogP contribution in [-0.2, 0) is 11.2 Å². The molecule has 0 bridgehead atoms. The van der Waals surface area contributed by atoms with E-state index in [0.717, 1.165) is 43.8 Å². The fraction of sp³-hybridized carbons (Fsp3) is 0.455. The fourth-order valence-corrected chi connectivity index (χ4v) is 3.51. The van der Waals surface area contributed by atoms with Crippen molar-refractivity contribution < 1.29 is 9.53 Å². The van der Waals surface area contributed by atoms with Crippen LogP contribution >= 0.6 is 0 Å². The van der Waals surface area contributed by atoms with Crippen LogP contribution in [0.2, 0.25) is 0 Å². The molecule has 1 aromatic heterocycles. The summed E-state index contributed by atoms with van der Waals surface area (Å²) in [5.41, 5.74) is 1.12. The molecule has 0 spiro atoms. The molecule has 1 amide bonds. The minimum atomic E-state index is 0.243. The molecule has 1 saturated heterocycles. The number of ether oxygens (including phenoxy) is 1. The number of pyridine rings is 1. The van der Waals surface area contributed by atoms with Crippen molar-refractivity contribution in [2.24, 2.45) is 0 Å². The predicted octanol–water partition coefficient (Wildman–Crippen LogP) is 3.02. The maximum atomic E-state index is 12.4. The SMILES string of the molecule is CN(CCc1ccccn1)[C@H]1CCC(=O)N(CCOc2ccccc2)CC1. The van der Waals surface area contributed by atoms with Gasteiger partial charge in [-0.3, -0.25) is 9.78 Å². The first-order valence-electron chi connectivity index (χ1n) is 9.78. The molecule has 0 unspecified atom stereocenters. The van der Waals surface area contributed by atoms with Gasteiger partial charge in [-0.05, 0) is 44.2 Å². The first-order valence-corrected chi connectivity index (χ1v) is 9.78. The number of likely N-dealkylation sites (N-methyl/N-ethyl adjacent to an activating group) is 1. The van der Waals surface area contributed by atoms with Crippen LogP contribution in [0.1, 0.15) is 25.0 Å². The van der Waals surface area contributed by atoms with Crippen molar-refractivity contribution in [3.05, 3.63) is 60.4 Å². The normalized spacial score (nSPS) is 17.8. The average Bonchev–Trinajstić information content (AvgIpc) is 2.90. The second-order valence-corrected chi connectivity index (χ2v) is 7.08. The lowest BCUT2D eigenvalue weighted by atomic mass is 10.1. The van der Waals surface area contributed by atoms with Crippen molar-refractivity contribution in [3.8, 4) is 5.75 Å². The summed E-state index contributed by atoms with van der Waals surface area (Å²) in [6.45, 7) is 2.95. The topological polar surface area (TPSA) is 45.7 Å². The zero-order chi connectivity index (χ0) is 18.9. The Balaban J connectivity index is 1.43. The van der Waals surface area contributed by atoms with E-state index in [1.54, 1.807) is 0 Å². The number of rotatable bonds is 8. The Labute approximate surface area is 162 Å². The van der Waals surface area contributed by atoms with Gasteiger partial charge in [-0.25, -0.2) is 0 Å². The number of likely N-dealkylation sites (tertiary alicyclic amines) is 1. The van der Waals surface area contributed by atoms with Gasteiger partial charge in [0, 0.05) is 43.9 Å². The molecule has 0 N–H and O–H groups in total. The number of para-hydroxylation sites is 1. The number of carbonyl (C=O) groups excluding carboxylic acids is 1. The molecular weight excluding hydrogens is 338 g/mol. The summed E-state index contributed by atoms with van der Waals surface area (Å²) in [5.74, 6) is 1.10. The first-order chi connectivity index (χ1) is 13.2.